The molecule has 0 atom stereocenters. The summed E-state index contributed by atoms with van der Waals surface area (Å²) in [5, 5.41) is 2.90. The van der Waals surface area contributed by atoms with Crippen LogP contribution < -0.4 is 9.80 Å². The van der Waals surface area contributed by atoms with Crippen LogP contribution in [0, 0.1) is 6.92 Å². The summed E-state index contributed by atoms with van der Waals surface area (Å²) in [6.07, 6.45) is -2.98. The minimum absolute atomic E-state index is 0.0185. The molecule has 3 heterocycles. The lowest BCUT2D eigenvalue weighted by atomic mass is 10.2. The molecule has 0 spiro atoms. The maximum atomic E-state index is 13.1. The number of hydrogen-bond acceptors (Lipinski definition) is 5. The minimum atomic E-state index is -4.38. The van der Waals surface area contributed by atoms with Crippen molar-refractivity contribution in [3.05, 3.63) is 35.0 Å². The Hall–Kier alpha value is -1.83. The smallest absolute Gasteiger partial charge is 0.353 e. The highest BCUT2D eigenvalue weighted by atomic mass is 32.1. The van der Waals surface area contributed by atoms with Crippen molar-refractivity contribution in [3.63, 3.8) is 0 Å². The number of halogens is 3. The van der Waals surface area contributed by atoms with Gasteiger partial charge in [-0.1, -0.05) is 0 Å². The summed E-state index contributed by atoms with van der Waals surface area (Å²) in [4.78, 5) is 12.2. The molecule has 1 aliphatic rings. The summed E-state index contributed by atoms with van der Waals surface area (Å²) >= 11 is 1.56. The molecule has 8 heteroatoms. The molecule has 1 saturated heterocycles. The van der Waals surface area contributed by atoms with Gasteiger partial charge in [0.2, 0.25) is 0 Å². The predicted octanol–water partition coefficient (Wildman–Crippen LogP) is 3.19. The zero-order valence-corrected chi connectivity index (χ0v) is 12.8. The van der Waals surface area contributed by atoms with Gasteiger partial charge in [-0.3, -0.25) is 0 Å². The van der Waals surface area contributed by atoms with Crippen LogP contribution in [-0.4, -0.2) is 36.1 Å². The van der Waals surface area contributed by atoms with Crippen LogP contribution in [0.5, 0.6) is 0 Å². The summed E-state index contributed by atoms with van der Waals surface area (Å²) in [5.74, 6) is 0.0185. The van der Waals surface area contributed by atoms with E-state index in [4.69, 9.17) is 0 Å². The number of nitrogens with zero attached hydrogens (tertiary/aromatic N) is 4. The fourth-order valence-electron chi connectivity index (χ4n) is 2.47. The van der Waals surface area contributed by atoms with Crippen LogP contribution in [0.2, 0.25) is 0 Å². The number of alkyl halides is 3. The van der Waals surface area contributed by atoms with Crippen LogP contribution in [-0.2, 0) is 6.18 Å². The average molecular weight is 328 g/mol. The van der Waals surface area contributed by atoms with Gasteiger partial charge in [0.25, 0.3) is 0 Å². The van der Waals surface area contributed by atoms with Gasteiger partial charge >= 0.3 is 6.18 Å². The maximum Gasteiger partial charge on any atom is 0.419 e. The molecule has 0 N–H and O–H groups in total. The number of rotatable bonds is 2. The van der Waals surface area contributed by atoms with E-state index in [1.54, 1.807) is 16.2 Å². The Kier molecular flexibility index (Phi) is 3.94. The molecule has 0 aromatic carbocycles. The SMILES string of the molecule is Cc1csc(N2CCN(c3ncccc3C(F)(F)F)CC2)n1. The van der Waals surface area contributed by atoms with Gasteiger partial charge in [-0.2, -0.15) is 13.2 Å². The van der Waals surface area contributed by atoms with E-state index in [1.807, 2.05) is 12.3 Å². The first-order chi connectivity index (χ1) is 10.4. The molecular weight excluding hydrogens is 313 g/mol. The van der Waals surface area contributed by atoms with Crippen LogP contribution in [0.3, 0.4) is 0 Å². The first-order valence-corrected chi connectivity index (χ1v) is 7.77. The molecule has 0 amide bonds. The summed E-state index contributed by atoms with van der Waals surface area (Å²) < 4.78 is 39.2. The monoisotopic (exact) mass is 328 g/mol. The van der Waals surface area contributed by atoms with Crippen LogP contribution in [0.4, 0.5) is 24.1 Å². The van der Waals surface area contributed by atoms with Crippen molar-refractivity contribution < 1.29 is 13.2 Å². The van der Waals surface area contributed by atoms with E-state index in [-0.39, 0.29) is 5.82 Å². The number of hydrogen-bond donors (Lipinski definition) is 0. The van der Waals surface area contributed by atoms with Gasteiger partial charge in [0.15, 0.2) is 5.13 Å². The first kappa shape index (κ1) is 15.1. The third-order valence-electron chi connectivity index (χ3n) is 3.55. The summed E-state index contributed by atoms with van der Waals surface area (Å²) in [6.45, 7) is 4.21. The van der Waals surface area contributed by atoms with Crippen molar-refractivity contribution in [3.8, 4) is 0 Å². The van der Waals surface area contributed by atoms with Crippen molar-refractivity contribution in [2.75, 3.05) is 36.0 Å². The lowest BCUT2D eigenvalue weighted by Gasteiger charge is -2.36. The molecule has 1 aliphatic heterocycles. The predicted molar refractivity (Wildman–Crippen MR) is 80.5 cm³/mol. The zero-order chi connectivity index (χ0) is 15.7. The second-order valence-corrected chi connectivity index (χ2v) is 5.95. The van der Waals surface area contributed by atoms with Gasteiger partial charge in [0, 0.05) is 37.8 Å². The molecule has 22 heavy (non-hydrogen) atoms. The highest BCUT2D eigenvalue weighted by molar-refractivity contribution is 7.13. The Labute approximate surface area is 130 Å². The molecule has 0 radical (unpaired) electrons. The van der Waals surface area contributed by atoms with E-state index < -0.39 is 11.7 Å². The number of anilines is 2. The highest BCUT2D eigenvalue weighted by Crippen LogP contribution is 2.35. The highest BCUT2D eigenvalue weighted by Gasteiger charge is 2.36. The van der Waals surface area contributed by atoms with Crippen molar-refractivity contribution in [1.82, 2.24) is 9.97 Å². The topological polar surface area (TPSA) is 32.3 Å². The molecule has 3 rings (SSSR count). The van der Waals surface area contributed by atoms with E-state index in [0.717, 1.165) is 16.9 Å². The lowest BCUT2D eigenvalue weighted by molar-refractivity contribution is -0.137. The number of aromatic nitrogens is 2. The van der Waals surface area contributed by atoms with E-state index >= 15 is 0 Å². The van der Waals surface area contributed by atoms with Crippen molar-refractivity contribution in [2.24, 2.45) is 0 Å². The van der Waals surface area contributed by atoms with Gasteiger partial charge in [-0.15, -0.1) is 11.3 Å². The maximum absolute atomic E-state index is 13.1. The Morgan fingerprint density at radius 3 is 2.41 bits per heavy atom. The molecule has 0 bridgehead atoms. The molecule has 0 aliphatic carbocycles. The number of pyridine rings is 1. The Balaban J connectivity index is 1.74. The number of aryl methyl sites for hydroxylation is 1. The van der Waals surface area contributed by atoms with Gasteiger partial charge < -0.3 is 9.80 Å². The van der Waals surface area contributed by atoms with Crippen LogP contribution in [0.15, 0.2) is 23.7 Å². The third kappa shape index (κ3) is 3.01. The van der Waals surface area contributed by atoms with Crippen LogP contribution in [0.25, 0.3) is 0 Å². The second kappa shape index (κ2) is 5.75. The molecule has 118 valence electrons. The first-order valence-electron chi connectivity index (χ1n) is 6.89. The molecule has 0 saturated carbocycles. The molecule has 1 fully saturated rings. The van der Waals surface area contributed by atoms with Crippen LogP contribution in [0.1, 0.15) is 11.3 Å². The lowest BCUT2D eigenvalue weighted by Crippen LogP contribution is -2.47. The molecule has 2 aromatic heterocycles. The van der Waals surface area contributed by atoms with E-state index in [0.29, 0.717) is 26.2 Å². The fourth-order valence-corrected chi connectivity index (χ4v) is 3.32. The minimum Gasteiger partial charge on any atom is -0.353 e. The van der Waals surface area contributed by atoms with Crippen molar-refractivity contribution >= 4 is 22.3 Å². The van der Waals surface area contributed by atoms with E-state index in [9.17, 15) is 13.2 Å². The zero-order valence-electron chi connectivity index (χ0n) is 12.0. The summed E-state index contributed by atoms with van der Waals surface area (Å²) in [6, 6.07) is 2.40. The summed E-state index contributed by atoms with van der Waals surface area (Å²) in [5.41, 5.74) is 0.292. The standard InChI is InChI=1S/C14H15F3N4S/c1-10-9-22-13(19-10)21-7-5-20(6-8-21)12-11(14(15,16)17)3-2-4-18-12/h2-4,9H,5-8H2,1H3. The van der Waals surface area contributed by atoms with Gasteiger partial charge in [0.1, 0.15) is 5.82 Å². The van der Waals surface area contributed by atoms with Gasteiger partial charge in [0.05, 0.1) is 11.3 Å². The van der Waals surface area contributed by atoms with Crippen molar-refractivity contribution in [2.45, 2.75) is 13.1 Å². The number of piperazine rings is 1. The molecular formula is C14H15F3N4S. The Morgan fingerprint density at radius 1 is 1.14 bits per heavy atom. The average Bonchev–Trinajstić information content (AvgIpc) is 2.93. The van der Waals surface area contributed by atoms with Gasteiger partial charge in [-0.25, -0.2) is 9.97 Å². The van der Waals surface area contributed by atoms with Gasteiger partial charge in [-0.05, 0) is 19.1 Å². The van der Waals surface area contributed by atoms with E-state index in [1.165, 1.54) is 12.3 Å². The molecule has 0 unspecified atom stereocenters. The Morgan fingerprint density at radius 2 is 1.82 bits per heavy atom. The molecule has 2 aromatic rings. The van der Waals surface area contributed by atoms with Crippen molar-refractivity contribution in [1.29, 1.82) is 0 Å². The van der Waals surface area contributed by atoms with E-state index in [2.05, 4.69) is 14.9 Å². The fraction of sp³-hybridized carbons (Fsp3) is 0.429. The molecule has 4 nitrogen and oxygen atoms in total. The second-order valence-electron chi connectivity index (χ2n) is 5.12. The quantitative estimate of drug-likeness (QED) is 0.847. The van der Waals surface area contributed by atoms with Crippen LogP contribution >= 0.6 is 11.3 Å². The summed E-state index contributed by atoms with van der Waals surface area (Å²) in [7, 11) is 0. The third-order valence-corrected chi connectivity index (χ3v) is 4.57. The largest absolute Gasteiger partial charge is 0.419 e. The number of thiazole rings is 1. The Bertz CT molecular complexity index is 648. The normalized spacial score (nSPS) is 16.2.